The van der Waals surface area contributed by atoms with Crippen LogP contribution in [0.5, 0.6) is 11.5 Å². The SMILES string of the molecule is C=CCOc1ccc(C2C(=O)Oc3c2cc(C(C)(C)C)cc3C(C)(C)C)cc1. The van der Waals surface area contributed by atoms with Crippen LogP contribution in [0.4, 0.5) is 0 Å². The first-order valence-corrected chi connectivity index (χ1v) is 9.76. The van der Waals surface area contributed by atoms with Crippen LogP contribution in [0.25, 0.3) is 0 Å². The molecule has 1 heterocycles. The van der Waals surface area contributed by atoms with Gasteiger partial charge in [0.25, 0.3) is 0 Å². The minimum atomic E-state index is -0.410. The van der Waals surface area contributed by atoms with Gasteiger partial charge < -0.3 is 9.47 Å². The van der Waals surface area contributed by atoms with E-state index in [1.54, 1.807) is 6.08 Å². The highest BCUT2D eigenvalue weighted by Crippen LogP contribution is 2.47. The number of fused-ring (bicyclic) bond motifs is 1. The lowest BCUT2D eigenvalue weighted by molar-refractivity contribution is -0.133. The van der Waals surface area contributed by atoms with Crippen molar-refractivity contribution >= 4 is 5.97 Å². The summed E-state index contributed by atoms with van der Waals surface area (Å²) < 4.78 is 11.4. The van der Waals surface area contributed by atoms with E-state index in [4.69, 9.17) is 9.47 Å². The van der Waals surface area contributed by atoms with Crippen molar-refractivity contribution in [3.63, 3.8) is 0 Å². The van der Waals surface area contributed by atoms with E-state index < -0.39 is 5.92 Å². The highest BCUT2D eigenvalue weighted by molar-refractivity contribution is 5.90. The van der Waals surface area contributed by atoms with Gasteiger partial charge in [-0.1, -0.05) is 78.5 Å². The number of esters is 1. The summed E-state index contributed by atoms with van der Waals surface area (Å²) in [7, 11) is 0. The van der Waals surface area contributed by atoms with E-state index in [2.05, 4.69) is 60.3 Å². The van der Waals surface area contributed by atoms with Gasteiger partial charge in [-0.25, -0.2) is 0 Å². The Bertz CT molecular complexity index is 893. The van der Waals surface area contributed by atoms with Crippen molar-refractivity contribution in [3.8, 4) is 11.5 Å². The van der Waals surface area contributed by atoms with Gasteiger partial charge in [0.2, 0.25) is 0 Å². The number of benzene rings is 2. The van der Waals surface area contributed by atoms with E-state index in [0.717, 1.165) is 28.2 Å². The summed E-state index contributed by atoms with van der Waals surface area (Å²) in [6, 6.07) is 12.0. The quantitative estimate of drug-likeness (QED) is 0.378. The van der Waals surface area contributed by atoms with Gasteiger partial charge in [-0.3, -0.25) is 4.79 Å². The molecule has 28 heavy (non-hydrogen) atoms. The zero-order valence-electron chi connectivity index (χ0n) is 17.8. The first-order chi connectivity index (χ1) is 13.0. The van der Waals surface area contributed by atoms with E-state index >= 15 is 0 Å². The lowest BCUT2D eigenvalue weighted by atomic mass is 9.77. The molecule has 0 amide bonds. The van der Waals surface area contributed by atoms with Crippen molar-refractivity contribution in [3.05, 3.63) is 71.3 Å². The molecular formula is C25H30O3. The van der Waals surface area contributed by atoms with Crippen molar-refractivity contribution in [1.82, 2.24) is 0 Å². The first-order valence-electron chi connectivity index (χ1n) is 9.76. The average Bonchev–Trinajstić information content (AvgIpc) is 2.93. The third-order valence-corrected chi connectivity index (χ3v) is 5.12. The third-order valence-electron chi connectivity index (χ3n) is 5.12. The van der Waals surface area contributed by atoms with Crippen molar-refractivity contribution in [2.45, 2.75) is 58.3 Å². The Kier molecular flexibility index (Phi) is 5.14. The highest BCUT2D eigenvalue weighted by Gasteiger charge is 2.39. The molecule has 0 saturated carbocycles. The van der Waals surface area contributed by atoms with Crippen LogP contribution >= 0.6 is 0 Å². The van der Waals surface area contributed by atoms with Gasteiger partial charge in [0.05, 0.1) is 0 Å². The monoisotopic (exact) mass is 378 g/mol. The van der Waals surface area contributed by atoms with Crippen LogP contribution in [0.1, 0.15) is 69.7 Å². The van der Waals surface area contributed by atoms with Crippen LogP contribution in [0, 0.1) is 0 Å². The Morgan fingerprint density at radius 3 is 2.21 bits per heavy atom. The van der Waals surface area contributed by atoms with E-state index in [9.17, 15) is 4.79 Å². The van der Waals surface area contributed by atoms with E-state index in [1.165, 1.54) is 5.56 Å². The second-order valence-electron chi connectivity index (χ2n) is 9.46. The predicted octanol–water partition coefficient (Wildman–Crippen LogP) is 5.90. The molecule has 1 unspecified atom stereocenters. The molecule has 0 N–H and O–H groups in total. The van der Waals surface area contributed by atoms with E-state index in [0.29, 0.717) is 6.61 Å². The maximum atomic E-state index is 12.9. The summed E-state index contributed by atoms with van der Waals surface area (Å²) in [5, 5.41) is 0. The van der Waals surface area contributed by atoms with Gasteiger partial charge in [-0.15, -0.1) is 0 Å². The molecule has 0 saturated heterocycles. The molecule has 3 heteroatoms. The van der Waals surface area contributed by atoms with Crippen LogP contribution in [0.3, 0.4) is 0 Å². The molecule has 1 aliphatic heterocycles. The lowest BCUT2D eigenvalue weighted by Gasteiger charge is -2.27. The minimum Gasteiger partial charge on any atom is -0.490 e. The molecule has 2 aromatic carbocycles. The standard InChI is InChI=1S/C25H30O3/c1-8-13-27-18-11-9-16(10-12-18)21-19-14-17(24(2,3)4)15-20(25(5,6)7)22(19)28-23(21)26/h8-12,14-15,21H,1,13H2,2-7H3. The fourth-order valence-corrected chi connectivity index (χ4v) is 3.48. The van der Waals surface area contributed by atoms with Crippen molar-refractivity contribution in [2.75, 3.05) is 6.61 Å². The number of carbonyl (C=O) groups is 1. The molecule has 0 spiro atoms. The summed E-state index contributed by atoms with van der Waals surface area (Å²) in [5.74, 6) is 0.856. The first kappa shape index (κ1) is 20.2. The zero-order valence-corrected chi connectivity index (χ0v) is 17.8. The summed E-state index contributed by atoms with van der Waals surface area (Å²) in [6.45, 7) is 17.2. The van der Waals surface area contributed by atoms with Crippen LogP contribution in [0.2, 0.25) is 0 Å². The largest absolute Gasteiger partial charge is 0.490 e. The fourth-order valence-electron chi connectivity index (χ4n) is 3.48. The molecule has 0 aliphatic carbocycles. The number of rotatable bonds is 4. The van der Waals surface area contributed by atoms with Gasteiger partial charge in [0.15, 0.2) is 0 Å². The second-order valence-corrected chi connectivity index (χ2v) is 9.46. The number of carbonyl (C=O) groups excluding carboxylic acids is 1. The molecule has 2 aromatic rings. The Balaban J connectivity index is 2.11. The van der Waals surface area contributed by atoms with Gasteiger partial charge >= 0.3 is 5.97 Å². The molecule has 148 valence electrons. The molecule has 0 aromatic heterocycles. The lowest BCUT2D eigenvalue weighted by Crippen LogP contribution is -2.17. The smallest absolute Gasteiger partial charge is 0.323 e. The van der Waals surface area contributed by atoms with Crippen LogP contribution < -0.4 is 9.47 Å². The van der Waals surface area contributed by atoms with Crippen LogP contribution in [0.15, 0.2) is 49.1 Å². The third kappa shape index (κ3) is 3.84. The Morgan fingerprint density at radius 1 is 1.04 bits per heavy atom. The number of hydrogen-bond donors (Lipinski definition) is 0. The topological polar surface area (TPSA) is 35.5 Å². The predicted molar refractivity (Wildman–Crippen MR) is 113 cm³/mol. The summed E-state index contributed by atoms with van der Waals surface area (Å²) in [5.41, 5.74) is 4.03. The molecule has 0 fully saturated rings. The molecule has 3 rings (SSSR count). The van der Waals surface area contributed by atoms with Crippen molar-refractivity contribution in [2.24, 2.45) is 0 Å². The fraction of sp³-hybridized carbons (Fsp3) is 0.400. The summed E-state index contributed by atoms with van der Waals surface area (Å²) >= 11 is 0. The van der Waals surface area contributed by atoms with Crippen molar-refractivity contribution in [1.29, 1.82) is 0 Å². The normalized spacial score (nSPS) is 16.5. The Hall–Kier alpha value is -2.55. The molecule has 1 atom stereocenters. The molecular weight excluding hydrogens is 348 g/mol. The number of ether oxygens (including phenoxy) is 2. The molecule has 0 bridgehead atoms. The molecule has 3 nitrogen and oxygen atoms in total. The summed E-state index contributed by atoms with van der Waals surface area (Å²) in [6.07, 6.45) is 1.71. The highest BCUT2D eigenvalue weighted by atomic mass is 16.5. The maximum Gasteiger partial charge on any atom is 0.323 e. The average molecular weight is 379 g/mol. The number of hydrogen-bond acceptors (Lipinski definition) is 3. The summed E-state index contributed by atoms with van der Waals surface area (Å²) in [4.78, 5) is 12.9. The van der Waals surface area contributed by atoms with Gasteiger partial charge in [-0.2, -0.15) is 0 Å². The van der Waals surface area contributed by atoms with Crippen LogP contribution in [-0.4, -0.2) is 12.6 Å². The minimum absolute atomic E-state index is 0.0202. The molecule has 1 aliphatic rings. The van der Waals surface area contributed by atoms with Gasteiger partial charge in [0, 0.05) is 11.1 Å². The van der Waals surface area contributed by atoms with E-state index in [1.807, 2.05) is 24.3 Å². The Labute approximate surface area is 168 Å². The van der Waals surface area contributed by atoms with Gasteiger partial charge in [0.1, 0.15) is 24.0 Å². The second kappa shape index (κ2) is 7.12. The van der Waals surface area contributed by atoms with Gasteiger partial charge in [-0.05, 0) is 34.1 Å². The van der Waals surface area contributed by atoms with Crippen molar-refractivity contribution < 1.29 is 14.3 Å². The zero-order chi connectivity index (χ0) is 20.7. The van der Waals surface area contributed by atoms with E-state index in [-0.39, 0.29) is 16.8 Å². The maximum absolute atomic E-state index is 12.9. The Morgan fingerprint density at radius 2 is 1.68 bits per heavy atom. The van der Waals surface area contributed by atoms with Crippen LogP contribution in [-0.2, 0) is 15.6 Å². The molecule has 0 radical (unpaired) electrons.